The predicted octanol–water partition coefficient (Wildman–Crippen LogP) is 2.02. The van der Waals surface area contributed by atoms with Crippen LogP contribution in [-0.2, 0) is 9.59 Å². The van der Waals surface area contributed by atoms with Gasteiger partial charge in [-0.2, -0.15) is 0 Å². The van der Waals surface area contributed by atoms with E-state index in [-0.39, 0.29) is 24.3 Å². The molecule has 3 amide bonds. The third-order valence-electron chi connectivity index (χ3n) is 5.01. The summed E-state index contributed by atoms with van der Waals surface area (Å²) in [6.07, 6.45) is 4.00. The number of carbonyl (C=O) groups is 3. The van der Waals surface area contributed by atoms with Crippen molar-refractivity contribution in [3.8, 4) is 0 Å². The maximum Gasteiger partial charge on any atom is 0.258 e. The minimum Gasteiger partial charge on any atom is -0.324 e. The first-order valence-corrected chi connectivity index (χ1v) is 8.45. The molecule has 1 fully saturated rings. The first kappa shape index (κ1) is 16.3. The first-order chi connectivity index (χ1) is 12.5. The van der Waals surface area contributed by atoms with Crippen LogP contribution in [0.5, 0.6) is 0 Å². The van der Waals surface area contributed by atoms with E-state index in [0.717, 1.165) is 0 Å². The van der Waals surface area contributed by atoms with Gasteiger partial charge in [0, 0.05) is 24.5 Å². The number of fused-ring (bicyclic) bond motifs is 3. The summed E-state index contributed by atoms with van der Waals surface area (Å²) in [4.78, 5) is 45.1. The molecule has 0 saturated carbocycles. The largest absolute Gasteiger partial charge is 0.324 e. The van der Waals surface area contributed by atoms with Gasteiger partial charge in [0.05, 0.1) is 11.3 Å². The molecule has 2 aromatic rings. The van der Waals surface area contributed by atoms with Crippen LogP contribution in [0.25, 0.3) is 0 Å². The Bertz CT molecular complexity index is 899. The van der Waals surface area contributed by atoms with Crippen LogP contribution in [0.2, 0.25) is 0 Å². The van der Waals surface area contributed by atoms with E-state index in [0.29, 0.717) is 29.8 Å². The number of hydrogen-bond donors (Lipinski definition) is 1. The Morgan fingerprint density at radius 3 is 2.69 bits per heavy atom. The summed E-state index contributed by atoms with van der Waals surface area (Å²) < 4.78 is 0. The lowest BCUT2D eigenvalue weighted by atomic mass is 9.98. The summed E-state index contributed by atoms with van der Waals surface area (Å²) in [6, 6.07) is 10.4. The molecule has 7 nitrogen and oxygen atoms in total. The van der Waals surface area contributed by atoms with Gasteiger partial charge in [0.25, 0.3) is 5.91 Å². The highest BCUT2D eigenvalue weighted by molar-refractivity contribution is 6.11. The zero-order valence-electron chi connectivity index (χ0n) is 14.3. The van der Waals surface area contributed by atoms with Gasteiger partial charge in [-0.1, -0.05) is 12.1 Å². The first-order valence-electron chi connectivity index (χ1n) is 8.45. The highest BCUT2D eigenvalue weighted by Gasteiger charge is 2.53. The molecular formula is C19H18N4O3. The van der Waals surface area contributed by atoms with Crippen molar-refractivity contribution in [3.05, 3.63) is 54.4 Å². The second-order valence-corrected chi connectivity index (χ2v) is 6.64. The molecule has 132 valence electrons. The quantitative estimate of drug-likeness (QED) is 0.918. The van der Waals surface area contributed by atoms with E-state index in [9.17, 15) is 14.4 Å². The van der Waals surface area contributed by atoms with Crippen molar-refractivity contribution in [3.63, 3.8) is 0 Å². The summed E-state index contributed by atoms with van der Waals surface area (Å²) in [5, 5.41) is 2.77. The van der Waals surface area contributed by atoms with E-state index in [4.69, 9.17) is 0 Å². The maximum absolute atomic E-state index is 13.1. The van der Waals surface area contributed by atoms with Gasteiger partial charge in [0.15, 0.2) is 0 Å². The molecule has 0 radical (unpaired) electrons. The number of para-hydroxylation sites is 1. The number of amides is 3. The Balaban J connectivity index is 1.66. The molecule has 0 aliphatic carbocycles. The summed E-state index contributed by atoms with van der Waals surface area (Å²) in [5.41, 5.74) is 0.836. The van der Waals surface area contributed by atoms with Crippen molar-refractivity contribution in [2.24, 2.45) is 0 Å². The van der Waals surface area contributed by atoms with Crippen molar-refractivity contribution in [1.29, 1.82) is 0 Å². The van der Waals surface area contributed by atoms with Crippen LogP contribution in [0.15, 0.2) is 48.8 Å². The normalized spacial score (nSPS) is 21.4. The number of nitrogens with zero attached hydrogens (tertiary/aromatic N) is 3. The van der Waals surface area contributed by atoms with Gasteiger partial charge in [-0.3, -0.25) is 24.3 Å². The Labute approximate surface area is 150 Å². The molecule has 7 heteroatoms. The highest BCUT2D eigenvalue weighted by Crippen LogP contribution is 2.43. The van der Waals surface area contributed by atoms with Crippen molar-refractivity contribution < 1.29 is 14.4 Å². The molecule has 2 aliphatic rings. The molecule has 1 unspecified atom stereocenters. The van der Waals surface area contributed by atoms with Crippen molar-refractivity contribution in [2.75, 3.05) is 16.8 Å². The summed E-state index contributed by atoms with van der Waals surface area (Å²) >= 11 is 0. The van der Waals surface area contributed by atoms with Gasteiger partial charge in [-0.15, -0.1) is 0 Å². The Hall–Kier alpha value is -3.22. The molecule has 1 aromatic carbocycles. The van der Waals surface area contributed by atoms with E-state index in [1.807, 2.05) is 13.0 Å². The summed E-state index contributed by atoms with van der Waals surface area (Å²) in [5.74, 6) is -0.588. The van der Waals surface area contributed by atoms with Gasteiger partial charge in [-0.05, 0) is 37.6 Å². The van der Waals surface area contributed by atoms with Crippen LogP contribution >= 0.6 is 0 Å². The van der Waals surface area contributed by atoms with Gasteiger partial charge in [0.1, 0.15) is 12.2 Å². The summed E-state index contributed by atoms with van der Waals surface area (Å²) in [6.45, 7) is 1.71. The Morgan fingerprint density at radius 2 is 1.92 bits per heavy atom. The third-order valence-corrected chi connectivity index (χ3v) is 5.01. The van der Waals surface area contributed by atoms with Gasteiger partial charge in [0.2, 0.25) is 11.8 Å². The number of carbonyl (C=O) groups excluding carboxylic acids is 3. The summed E-state index contributed by atoms with van der Waals surface area (Å²) in [7, 11) is 0. The standard InChI is InChI=1S/C19H18N4O3/c1-19-9-6-17(25)23(19)15-5-3-2-4-14(15)18(26)22(19)12-16(24)21-13-7-10-20-11-8-13/h2-5,7-8,10-11H,6,9,12H2,1H3,(H,20,21,24). The highest BCUT2D eigenvalue weighted by atomic mass is 16.2. The number of rotatable bonds is 3. The molecule has 26 heavy (non-hydrogen) atoms. The van der Waals surface area contributed by atoms with Crippen molar-refractivity contribution in [2.45, 2.75) is 25.4 Å². The molecule has 1 atom stereocenters. The van der Waals surface area contributed by atoms with Gasteiger partial charge < -0.3 is 10.2 Å². The maximum atomic E-state index is 13.1. The van der Waals surface area contributed by atoms with E-state index < -0.39 is 5.66 Å². The number of hydrogen-bond acceptors (Lipinski definition) is 4. The fourth-order valence-corrected chi connectivity index (χ4v) is 3.72. The Morgan fingerprint density at radius 1 is 1.19 bits per heavy atom. The SMILES string of the molecule is CC12CCC(=O)N1c1ccccc1C(=O)N2CC(=O)Nc1ccncc1. The molecule has 4 rings (SSSR count). The van der Waals surface area contributed by atoms with Crippen LogP contribution in [0, 0.1) is 0 Å². The van der Waals surface area contributed by atoms with Crippen molar-refractivity contribution in [1.82, 2.24) is 9.88 Å². The fraction of sp³-hybridized carbons (Fsp3) is 0.263. The Kier molecular flexibility index (Phi) is 3.72. The van der Waals surface area contributed by atoms with Crippen molar-refractivity contribution >= 4 is 29.1 Å². The van der Waals surface area contributed by atoms with Gasteiger partial charge >= 0.3 is 0 Å². The molecule has 1 aromatic heterocycles. The zero-order valence-corrected chi connectivity index (χ0v) is 14.3. The second kappa shape index (κ2) is 5.94. The number of nitrogens with one attached hydrogen (secondary N) is 1. The van der Waals surface area contributed by atoms with Crippen LogP contribution in [0.4, 0.5) is 11.4 Å². The lowest BCUT2D eigenvalue weighted by Gasteiger charge is -2.48. The molecular weight excluding hydrogens is 332 g/mol. The zero-order chi connectivity index (χ0) is 18.3. The molecule has 1 saturated heterocycles. The lowest BCUT2D eigenvalue weighted by Crippen LogP contribution is -2.63. The molecule has 3 heterocycles. The lowest BCUT2D eigenvalue weighted by molar-refractivity contribution is -0.120. The van der Waals surface area contributed by atoms with Crippen LogP contribution in [0.1, 0.15) is 30.1 Å². The van der Waals surface area contributed by atoms with Crippen LogP contribution in [-0.4, -0.2) is 39.8 Å². The predicted molar refractivity (Wildman–Crippen MR) is 95.5 cm³/mol. The average Bonchev–Trinajstić information content (AvgIpc) is 2.95. The number of pyridine rings is 1. The number of benzene rings is 1. The van der Waals surface area contributed by atoms with E-state index in [1.54, 1.807) is 47.6 Å². The molecule has 1 N–H and O–H groups in total. The monoisotopic (exact) mass is 350 g/mol. The molecule has 2 aliphatic heterocycles. The third kappa shape index (κ3) is 2.44. The van der Waals surface area contributed by atoms with Gasteiger partial charge in [-0.25, -0.2) is 0 Å². The average molecular weight is 350 g/mol. The minimum atomic E-state index is -0.835. The van der Waals surface area contributed by atoms with Crippen LogP contribution in [0.3, 0.4) is 0 Å². The fourth-order valence-electron chi connectivity index (χ4n) is 3.72. The van der Waals surface area contributed by atoms with E-state index in [2.05, 4.69) is 10.3 Å². The molecule has 0 bridgehead atoms. The van der Waals surface area contributed by atoms with E-state index >= 15 is 0 Å². The van der Waals surface area contributed by atoms with Crippen LogP contribution < -0.4 is 10.2 Å². The smallest absolute Gasteiger partial charge is 0.258 e. The molecule has 0 spiro atoms. The topological polar surface area (TPSA) is 82.6 Å². The minimum absolute atomic E-state index is 0.0352. The number of anilines is 2. The number of aromatic nitrogens is 1. The second-order valence-electron chi connectivity index (χ2n) is 6.64. The van der Waals surface area contributed by atoms with E-state index in [1.165, 1.54) is 4.90 Å².